The Hall–Kier alpha value is 1.02. The van der Waals surface area contributed by atoms with E-state index in [1.807, 2.05) is 0 Å². The molecule has 0 aliphatic heterocycles. The minimum Gasteiger partial charge on any atom is -0.748 e. The summed E-state index contributed by atoms with van der Waals surface area (Å²) in [6.07, 6.45) is 29.9. The summed E-state index contributed by atoms with van der Waals surface area (Å²) in [4.78, 5) is 13.7. The van der Waals surface area contributed by atoms with Crippen molar-refractivity contribution in [2.75, 3.05) is 19.3 Å². The zero-order chi connectivity index (χ0) is 26.0. The van der Waals surface area contributed by atoms with Crippen molar-refractivity contribution in [3.05, 3.63) is 0 Å². The minimum atomic E-state index is -4.14. The average Bonchev–Trinajstić information content (AvgIpc) is 2.81. The second-order valence-electron chi connectivity index (χ2n) is 10.6. The largest absolute Gasteiger partial charge is 1.00 e. The summed E-state index contributed by atoms with van der Waals surface area (Å²) in [5.74, 6) is -0.221. The van der Waals surface area contributed by atoms with Crippen LogP contribution in [0.2, 0.25) is 0 Å². The molecule has 0 heterocycles. The van der Waals surface area contributed by atoms with E-state index in [2.05, 4.69) is 6.92 Å². The first-order chi connectivity index (χ1) is 16.9. The fourth-order valence-corrected chi connectivity index (χ4v) is 5.21. The summed E-state index contributed by atoms with van der Waals surface area (Å²) in [6.45, 7) is 2.80. The Morgan fingerprint density at radius 2 is 0.917 bits per heavy atom. The van der Waals surface area contributed by atoms with Crippen LogP contribution in [0.3, 0.4) is 0 Å². The molecule has 0 atom stereocenters. The van der Waals surface area contributed by atoms with E-state index in [4.69, 9.17) is 0 Å². The maximum atomic E-state index is 12.1. The van der Waals surface area contributed by atoms with Gasteiger partial charge in [0.2, 0.25) is 5.91 Å². The van der Waals surface area contributed by atoms with Crippen molar-refractivity contribution in [1.29, 1.82) is 0 Å². The first-order valence-corrected chi connectivity index (χ1v) is 16.6. The molecule has 0 N–H and O–H groups in total. The van der Waals surface area contributed by atoms with E-state index in [0.717, 1.165) is 12.8 Å². The summed E-state index contributed by atoms with van der Waals surface area (Å²) >= 11 is 0. The molecular formula is C29H58KNO4S. The van der Waals surface area contributed by atoms with Crippen molar-refractivity contribution >= 4 is 16.0 Å². The third kappa shape index (κ3) is 31.2. The first-order valence-electron chi connectivity index (χ1n) is 15.0. The molecule has 36 heavy (non-hydrogen) atoms. The van der Waals surface area contributed by atoms with Crippen LogP contribution in [0.4, 0.5) is 0 Å². The molecule has 0 radical (unpaired) electrons. The monoisotopic (exact) mass is 555 g/mol. The normalized spacial score (nSPS) is 11.4. The van der Waals surface area contributed by atoms with E-state index in [0.29, 0.717) is 25.8 Å². The van der Waals surface area contributed by atoms with Gasteiger partial charge in [0.05, 0.1) is 10.1 Å². The molecule has 0 bridgehead atoms. The van der Waals surface area contributed by atoms with Crippen LogP contribution in [-0.4, -0.2) is 43.1 Å². The van der Waals surface area contributed by atoms with Crippen LogP contribution >= 0.6 is 0 Å². The van der Waals surface area contributed by atoms with E-state index in [-0.39, 0.29) is 63.0 Å². The van der Waals surface area contributed by atoms with Gasteiger partial charge in [-0.05, 0) is 19.3 Å². The molecular weight excluding hydrogens is 497 g/mol. The number of hydrogen-bond acceptors (Lipinski definition) is 4. The summed E-state index contributed by atoms with van der Waals surface area (Å²) < 4.78 is 31.7. The van der Waals surface area contributed by atoms with Crippen LogP contribution in [0, 0.1) is 0 Å². The van der Waals surface area contributed by atoms with E-state index >= 15 is 0 Å². The molecule has 0 aromatic heterocycles. The van der Waals surface area contributed by atoms with E-state index in [1.165, 1.54) is 122 Å². The molecule has 0 aromatic carbocycles. The van der Waals surface area contributed by atoms with Crippen LogP contribution in [0.1, 0.15) is 161 Å². The van der Waals surface area contributed by atoms with Crippen molar-refractivity contribution < 1.29 is 69.1 Å². The van der Waals surface area contributed by atoms with Gasteiger partial charge in [-0.2, -0.15) is 0 Å². The Morgan fingerprint density at radius 3 is 1.25 bits per heavy atom. The number of hydrogen-bond donors (Lipinski definition) is 0. The Kier molecular flexibility index (Phi) is 31.6. The second kappa shape index (κ2) is 29.0. The molecule has 210 valence electrons. The molecule has 0 aromatic rings. The minimum absolute atomic E-state index is 0. The second-order valence-corrected chi connectivity index (χ2v) is 12.1. The van der Waals surface area contributed by atoms with Gasteiger partial charge in [0.25, 0.3) is 0 Å². The quantitative estimate of drug-likeness (QED) is 0.0775. The predicted molar refractivity (Wildman–Crippen MR) is 149 cm³/mol. The van der Waals surface area contributed by atoms with E-state index in [1.54, 1.807) is 11.9 Å². The number of nitrogens with zero attached hydrogens (tertiary/aromatic N) is 1. The molecule has 7 heteroatoms. The van der Waals surface area contributed by atoms with Gasteiger partial charge in [0, 0.05) is 25.8 Å². The van der Waals surface area contributed by atoms with Gasteiger partial charge in [-0.1, -0.05) is 135 Å². The van der Waals surface area contributed by atoms with E-state index in [9.17, 15) is 17.8 Å². The average molecular weight is 556 g/mol. The van der Waals surface area contributed by atoms with Gasteiger partial charge in [0.15, 0.2) is 0 Å². The number of carbonyl (C=O) groups is 1. The fraction of sp³-hybridized carbons (Fsp3) is 0.966. The van der Waals surface area contributed by atoms with Gasteiger partial charge in [-0.3, -0.25) is 4.79 Å². The number of unbranched alkanes of at least 4 members (excludes halogenated alkanes) is 21. The van der Waals surface area contributed by atoms with Crippen molar-refractivity contribution in [3.63, 3.8) is 0 Å². The van der Waals surface area contributed by atoms with Crippen LogP contribution in [0.15, 0.2) is 0 Å². The molecule has 0 rings (SSSR count). The molecule has 0 unspecified atom stereocenters. The molecule has 1 amide bonds. The van der Waals surface area contributed by atoms with Crippen LogP contribution < -0.4 is 51.4 Å². The number of carbonyl (C=O) groups excluding carboxylic acids is 1. The van der Waals surface area contributed by atoms with Gasteiger partial charge in [0.1, 0.15) is 0 Å². The molecule has 0 saturated heterocycles. The van der Waals surface area contributed by atoms with Gasteiger partial charge < -0.3 is 9.45 Å². The van der Waals surface area contributed by atoms with Crippen LogP contribution in [0.25, 0.3) is 0 Å². The van der Waals surface area contributed by atoms with Crippen molar-refractivity contribution in [1.82, 2.24) is 4.90 Å². The maximum absolute atomic E-state index is 12.1. The Morgan fingerprint density at radius 1 is 0.583 bits per heavy atom. The number of amides is 1. The standard InChI is InChI=1S/C29H59NO4S.K/c1-3-4-5-6-7-8-9-10-11-12-13-14-15-16-17-18-19-20-21-22-23-26-29(31)30(2)27-24-25-28-35(32,33)34;/h3-28H2,1-2H3,(H,32,33,34);/q;+1/p-1. The van der Waals surface area contributed by atoms with Gasteiger partial charge >= 0.3 is 51.4 Å². The third-order valence-electron chi connectivity index (χ3n) is 7.06. The third-order valence-corrected chi connectivity index (χ3v) is 7.85. The molecule has 0 spiro atoms. The van der Waals surface area contributed by atoms with Crippen molar-refractivity contribution in [2.45, 2.75) is 161 Å². The molecule has 0 aliphatic carbocycles. The Bertz CT molecular complexity index is 572. The summed E-state index contributed by atoms with van der Waals surface area (Å²) in [5, 5.41) is 0. The smallest absolute Gasteiger partial charge is 0.748 e. The SMILES string of the molecule is CCCCCCCCCCCCCCCCCCCCCCCC(=O)N(C)CCCCS(=O)(=O)[O-].[K+]. The fourth-order valence-electron chi connectivity index (χ4n) is 4.65. The molecule has 0 aliphatic rings. The summed E-state index contributed by atoms with van der Waals surface area (Å²) in [7, 11) is -2.38. The maximum Gasteiger partial charge on any atom is 1.00 e. The van der Waals surface area contributed by atoms with Gasteiger partial charge in [-0.25, -0.2) is 8.42 Å². The molecule has 5 nitrogen and oxygen atoms in total. The van der Waals surface area contributed by atoms with E-state index < -0.39 is 10.1 Å². The zero-order valence-corrected chi connectivity index (χ0v) is 28.3. The summed E-state index contributed by atoms with van der Waals surface area (Å²) in [5.41, 5.74) is 0. The topological polar surface area (TPSA) is 77.5 Å². The van der Waals surface area contributed by atoms with Crippen molar-refractivity contribution in [2.24, 2.45) is 0 Å². The van der Waals surface area contributed by atoms with Crippen LogP contribution in [-0.2, 0) is 14.9 Å². The number of rotatable bonds is 27. The summed E-state index contributed by atoms with van der Waals surface area (Å²) in [6, 6.07) is 0. The Labute approximate surface area is 267 Å². The molecule has 0 saturated carbocycles. The van der Waals surface area contributed by atoms with Crippen LogP contribution in [0.5, 0.6) is 0 Å². The predicted octanol–water partition coefficient (Wildman–Crippen LogP) is 5.38. The van der Waals surface area contributed by atoms with Gasteiger partial charge in [-0.15, -0.1) is 0 Å². The molecule has 0 fully saturated rings. The first kappa shape index (κ1) is 39.2. The zero-order valence-electron chi connectivity index (χ0n) is 24.4. The van der Waals surface area contributed by atoms with Crippen molar-refractivity contribution in [3.8, 4) is 0 Å². The Balaban J connectivity index is 0.